The van der Waals surface area contributed by atoms with Crippen LogP contribution in [0.4, 0.5) is 4.39 Å². The highest BCUT2D eigenvalue weighted by molar-refractivity contribution is 6.45. The molecule has 6 nitrogen and oxygen atoms in total. The van der Waals surface area contributed by atoms with Crippen molar-refractivity contribution in [3.05, 3.63) is 65.5 Å². The Labute approximate surface area is 240 Å². The summed E-state index contributed by atoms with van der Waals surface area (Å²) < 4.78 is 20.8. The molecule has 1 unspecified atom stereocenters. The monoisotopic (exact) mass is 551 g/mol. The Kier molecular flexibility index (Phi) is 9.96. The fraction of sp³-hybridized carbons (Fsp3) is 0.594. The highest BCUT2D eigenvalue weighted by atomic mass is 19.1. The number of halogens is 1. The number of benzene rings is 2. The van der Waals surface area contributed by atoms with Crippen LogP contribution in [0.3, 0.4) is 0 Å². The van der Waals surface area contributed by atoms with Gasteiger partial charge < -0.3 is 19.5 Å². The molecule has 0 spiro atoms. The Morgan fingerprint density at radius 2 is 1.73 bits per heavy atom. The van der Waals surface area contributed by atoms with Crippen LogP contribution in [-0.2, 0) is 4.79 Å². The van der Waals surface area contributed by atoms with E-state index in [-0.39, 0.29) is 41.1 Å². The Morgan fingerprint density at radius 1 is 1.05 bits per heavy atom. The summed E-state index contributed by atoms with van der Waals surface area (Å²) in [6, 6.07) is 15.5. The molecular weight excluding hydrogens is 504 g/mol. The van der Waals surface area contributed by atoms with Gasteiger partial charge in [-0.05, 0) is 81.2 Å². The van der Waals surface area contributed by atoms with E-state index >= 15 is 4.39 Å². The molecule has 4 rings (SSSR count). The first-order valence-electron chi connectivity index (χ1n) is 14.9. The summed E-state index contributed by atoms with van der Waals surface area (Å²) in [5, 5.41) is 9.89. The molecule has 0 bridgehead atoms. The zero-order valence-electron chi connectivity index (χ0n) is 25.1. The molecular formula is C32H47BFN3O3. The number of ether oxygens (including phenoxy) is 1. The molecule has 2 heterocycles. The topological polar surface area (TPSA) is 56.2 Å². The molecule has 0 aromatic heterocycles. The predicted molar refractivity (Wildman–Crippen MR) is 160 cm³/mol. The summed E-state index contributed by atoms with van der Waals surface area (Å²) in [5.41, 5.74) is 1.87. The number of piperazine rings is 1. The number of amides is 1. The van der Waals surface area contributed by atoms with E-state index in [9.17, 15) is 9.82 Å². The van der Waals surface area contributed by atoms with Crippen molar-refractivity contribution in [3.63, 3.8) is 0 Å². The molecule has 2 aliphatic heterocycles. The molecule has 2 aromatic rings. The summed E-state index contributed by atoms with van der Waals surface area (Å²) in [5.74, 6) is 0.503. The van der Waals surface area contributed by atoms with E-state index in [1.54, 1.807) is 12.1 Å². The molecule has 1 N–H and O–H groups in total. The van der Waals surface area contributed by atoms with E-state index in [4.69, 9.17) is 4.74 Å². The van der Waals surface area contributed by atoms with Crippen molar-refractivity contribution in [1.29, 1.82) is 0 Å². The number of carbonyl (C=O) groups excluding carboxylic acids is 1. The van der Waals surface area contributed by atoms with Crippen molar-refractivity contribution >= 4 is 13.0 Å². The highest BCUT2D eigenvalue weighted by Crippen LogP contribution is 2.37. The van der Waals surface area contributed by atoms with Gasteiger partial charge in [0.05, 0.1) is 12.1 Å². The number of piperidine rings is 1. The molecule has 0 radical (unpaired) electrons. The molecule has 2 fully saturated rings. The van der Waals surface area contributed by atoms with Gasteiger partial charge in [0.1, 0.15) is 0 Å². The fourth-order valence-corrected chi connectivity index (χ4v) is 6.26. The lowest BCUT2D eigenvalue weighted by Crippen LogP contribution is -2.60. The third-order valence-corrected chi connectivity index (χ3v) is 8.49. The molecule has 0 saturated carbocycles. The van der Waals surface area contributed by atoms with Gasteiger partial charge in [-0.3, -0.25) is 9.69 Å². The van der Waals surface area contributed by atoms with Crippen LogP contribution in [-0.4, -0.2) is 77.5 Å². The molecule has 2 aliphatic rings. The lowest BCUT2D eigenvalue weighted by atomic mass is 9.80. The lowest BCUT2D eigenvalue weighted by Gasteiger charge is -2.50. The Bertz CT molecular complexity index is 1120. The first-order valence-corrected chi connectivity index (χ1v) is 14.9. The van der Waals surface area contributed by atoms with Gasteiger partial charge >= 0.3 is 7.05 Å². The molecule has 8 heteroatoms. The minimum Gasteiger partial charge on any atom is -0.488 e. The van der Waals surface area contributed by atoms with E-state index in [2.05, 4.69) is 47.5 Å². The first kappa shape index (κ1) is 30.5. The van der Waals surface area contributed by atoms with Crippen molar-refractivity contribution in [2.24, 2.45) is 11.3 Å². The van der Waals surface area contributed by atoms with Crippen molar-refractivity contribution in [2.75, 3.05) is 32.7 Å². The van der Waals surface area contributed by atoms with Crippen LogP contribution < -0.4 is 4.74 Å². The van der Waals surface area contributed by atoms with E-state index in [1.165, 1.54) is 0 Å². The first-order chi connectivity index (χ1) is 18.9. The maximum Gasteiger partial charge on any atom is 0.376 e. The van der Waals surface area contributed by atoms with Gasteiger partial charge in [-0.2, -0.15) is 0 Å². The molecule has 2 atom stereocenters. The lowest BCUT2D eigenvalue weighted by molar-refractivity contribution is -0.141. The third kappa shape index (κ3) is 7.45. The van der Waals surface area contributed by atoms with E-state index < -0.39 is 7.05 Å². The van der Waals surface area contributed by atoms with Gasteiger partial charge in [0.2, 0.25) is 5.91 Å². The second-order valence-electron chi connectivity index (χ2n) is 12.9. The zero-order valence-corrected chi connectivity index (χ0v) is 25.1. The summed E-state index contributed by atoms with van der Waals surface area (Å²) in [7, 11) is -0.431. The van der Waals surface area contributed by atoms with Crippen LogP contribution >= 0.6 is 0 Å². The van der Waals surface area contributed by atoms with E-state index in [1.807, 2.05) is 44.9 Å². The van der Waals surface area contributed by atoms with Gasteiger partial charge in [-0.1, -0.05) is 57.2 Å². The summed E-state index contributed by atoms with van der Waals surface area (Å²) in [4.78, 5) is 20.3. The summed E-state index contributed by atoms with van der Waals surface area (Å²) in [6.07, 6.45) is 2.34. The molecule has 2 aromatic carbocycles. The minimum atomic E-state index is -0.431. The van der Waals surface area contributed by atoms with Crippen LogP contribution in [0.1, 0.15) is 71.0 Å². The smallest absolute Gasteiger partial charge is 0.376 e. The Balaban J connectivity index is 1.55. The Hall–Kier alpha value is -2.42. The highest BCUT2D eigenvalue weighted by Gasteiger charge is 2.41. The largest absolute Gasteiger partial charge is 0.488 e. The number of carbonyl (C=O) groups is 1. The van der Waals surface area contributed by atoms with Gasteiger partial charge in [0, 0.05) is 32.1 Å². The average molecular weight is 552 g/mol. The van der Waals surface area contributed by atoms with Crippen LogP contribution in [0.5, 0.6) is 5.75 Å². The molecule has 40 heavy (non-hydrogen) atoms. The normalized spacial score (nSPS) is 20.5. The Morgan fingerprint density at radius 3 is 2.30 bits per heavy atom. The van der Waals surface area contributed by atoms with Gasteiger partial charge in [-0.15, -0.1) is 0 Å². The van der Waals surface area contributed by atoms with Gasteiger partial charge in [0.15, 0.2) is 11.6 Å². The third-order valence-electron chi connectivity index (χ3n) is 8.49. The maximum atomic E-state index is 15.2. The number of hydrogen-bond acceptors (Lipinski definition) is 5. The average Bonchev–Trinajstić information content (AvgIpc) is 2.90. The molecule has 1 amide bonds. The number of rotatable bonds is 8. The van der Waals surface area contributed by atoms with Crippen molar-refractivity contribution in [2.45, 2.75) is 78.9 Å². The fourth-order valence-electron chi connectivity index (χ4n) is 6.26. The van der Waals surface area contributed by atoms with Crippen molar-refractivity contribution in [1.82, 2.24) is 14.6 Å². The predicted octanol–water partition coefficient (Wildman–Crippen LogP) is 5.47. The molecule has 0 aliphatic carbocycles. The second-order valence-corrected chi connectivity index (χ2v) is 12.9. The van der Waals surface area contributed by atoms with Crippen LogP contribution in [0.2, 0.25) is 6.82 Å². The SMILES string of the molecule is CB(O)N1CCC(CC(=O)N2CCN(C(c3ccccc3)c3ccc(OC(C)C)c(F)c3)C[C@@H]2C(C)(C)C)CC1. The van der Waals surface area contributed by atoms with E-state index in [0.717, 1.165) is 37.1 Å². The summed E-state index contributed by atoms with van der Waals surface area (Å²) in [6.45, 7) is 16.0. The molecule has 218 valence electrons. The van der Waals surface area contributed by atoms with Crippen LogP contribution in [0, 0.1) is 17.2 Å². The quantitative estimate of drug-likeness (QED) is 0.441. The second kappa shape index (κ2) is 13.0. The molecule has 2 saturated heterocycles. The zero-order chi connectivity index (χ0) is 29.0. The van der Waals surface area contributed by atoms with Gasteiger partial charge in [0.25, 0.3) is 0 Å². The number of hydrogen-bond donors (Lipinski definition) is 1. The van der Waals surface area contributed by atoms with Crippen molar-refractivity contribution < 1.29 is 18.9 Å². The standard InChI is InChI=1S/C32H47BFN3O3/c1-23(2)40-28-13-12-26(21-27(28)34)31(25-10-8-7-9-11-25)35-18-19-37(29(22-35)32(3,4)5)30(38)20-24-14-16-36(17-15-24)33(6)39/h7-13,21,23-24,29,31,39H,14-20,22H2,1-6H3/t29-,31?/m1/s1. The van der Waals surface area contributed by atoms with Crippen molar-refractivity contribution in [3.8, 4) is 5.75 Å². The minimum absolute atomic E-state index is 0.0332. The maximum absolute atomic E-state index is 15.2. The van der Waals surface area contributed by atoms with Crippen LogP contribution in [0.15, 0.2) is 48.5 Å². The van der Waals surface area contributed by atoms with Crippen LogP contribution in [0.25, 0.3) is 0 Å². The summed E-state index contributed by atoms with van der Waals surface area (Å²) >= 11 is 0. The van der Waals surface area contributed by atoms with E-state index in [0.29, 0.717) is 32.0 Å². The van der Waals surface area contributed by atoms with Gasteiger partial charge in [-0.25, -0.2) is 4.39 Å². The number of nitrogens with zero attached hydrogens (tertiary/aromatic N) is 3.